The molecule has 0 saturated carbocycles. The molecule has 3 rings (SSSR count). The van der Waals surface area contributed by atoms with Crippen LogP contribution in [0.3, 0.4) is 0 Å². The molecule has 2 aromatic rings. The fraction of sp³-hybridized carbons (Fsp3) is 0.450. The minimum absolute atomic E-state index is 0.114. The molecule has 8 heteroatoms. The van der Waals surface area contributed by atoms with Crippen LogP contribution in [0.25, 0.3) is 0 Å². The minimum atomic E-state index is -3.62. The average molecular weight is 424 g/mol. The Morgan fingerprint density at radius 2 is 2.11 bits per heavy atom. The molecule has 0 bridgehead atoms. The molecule has 1 aromatic heterocycles. The molecule has 0 spiro atoms. The van der Waals surface area contributed by atoms with Crippen LogP contribution >= 0.6 is 11.3 Å². The SMILES string of the molecule is CCOC(=O)C1(Cc2cccc(OC)c2)CCCN(S(=O)(=O)c2cccs2)C1. The van der Waals surface area contributed by atoms with Crippen molar-refractivity contribution in [1.82, 2.24) is 4.31 Å². The molecule has 1 atom stereocenters. The lowest BCUT2D eigenvalue weighted by Gasteiger charge is -2.40. The second-order valence-corrected chi connectivity index (χ2v) is 10.0. The van der Waals surface area contributed by atoms with E-state index in [9.17, 15) is 13.2 Å². The lowest BCUT2D eigenvalue weighted by molar-refractivity contribution is -0.157. The summed E-state index contributed by atoms with van der Waals surface area (Å²) in [7, 11) is -2.03. The number of carbonyl (C=O) groups is 1. The van der Waals surface area contributed by atoms with Crippen LogP contribution in [0.5, 0.6) is 5.75 Å². The van der Waals surface area contributed by atoms with Crippen molar-refractivity contribution in [3.8, 4) is 5.75 Å². The number of rotatable bonds is 7. The van der Waals surface area contributed by atoms with E-state index in [0.29, 0.717) is 35.8 Å². The Labute approximate surface area is 170 Å². The second-order valence-electron chi connectivity index (χ2n) is 6.90. The van der Waals surface area contributed by atoms with E-state index in [0.717, 1.165) is 5.56 Å². The fourth-order valence-corrected chi connectivity index (χ4v) is 6.38. The maximum Gasteiger partial charge on any atom is 0.313 e. The van der Waals surface area contributed by atoms with Crippen LogP contribution in [0.4, 0.5) is 0 Å². The summed E-state index contributed by atoms with van der Waals surface area (Å²) in [4.78, 5) is 13.0. The van der Waals surface area contributed by atoms with Gasteiger partial charge in [0.15, 0.2) is 0 Å². The Morgan fingerprint density at radius 3 is 2.79 bits per heavy atom. The van der Waals surface area contributed by atoms with E-state index in [1.54, 1.807) is 31.5 Å². The largest absolute Gasteiger partial charge is 0.497 e. The first kappa shape index (κ1) is 20.8. The van der Waals surface area contributed by atoms with E-state index >= 15 is 0 Å². The molecule has 0 N–H and O–H groups in total. The van der Waals surface area contributed by atoms with Gasteiger partial charge in [0.05, 0.1) is 19.1 Å². The third kappa shape index (κ3) is 4.24. The maximum atomic E-state index is 13.0. The van der Waals surface area contributed by atoms with Gasteiger partial charge in [0, 0.05) is 13.1 Å². The first-order valence-corrected chi connectivity index (χ1v) is 11.6. The van der Waals surface area contributed by atoms with Crippen LogP contribution < -0.4 is 4.74 Å². The smallest absolute Gasteiger partial charge is 0.313 e. The Hall–Kier alpha value is -1.90. The Balaban J connectivity index is 1.93. The number of piperidine rings is 1. The third-order valence-corrected chi connectivity index (χ3v) is 8.23. The van der Waals surface area contributed by atoms with Gasteiger partial charge in [0.1, 0.15) is 9.96 Å². The van der Waals surface area contributed by atoms with Gasteiger partial charge in [0.2, 0.25) is 0 Å². The Bertz CT molecular complexity index is 910. The number of carbonyl (C=O) groups excluding carboxylic acids is 1. The number of thiophene rings is 1. The van der Waals surface area contributed by atoms with E-state index in [4.69, 9.17) is 9.47 Å². The van der Waals surface area contributed by atoms with Crippen molar-refractivity contribution in [2.24, 2.45) is 5.41 Å². The number of hydrogen-bond donors (Lipinski definition) is 0. The molecule has 2 heterocycles. The number of nitrogens with zero attached hydrogens (tertiary/aromatic N) is 1. The number of sulfonamides is 1. The van der Waals surface area contributed by atoms with Gasteiger partial charge in [-0.25, -0.2) is 8.42 Å². The van der Waals surface area contributed by atoms with Crippen LogP contribution in [0, 0.1) is 5.41 Å². The molecular formula is C20H25NO5S2. The van der Waals surface area contributed by atoms with Gasteiger partial charge >= 0.3 is 5.97 Å². The van der Waals surface area contributed by atoms with Crippen LogP contribution in [0.2, 0.25) is 0 Å². The summed E-state index contributed by atoms with van der Waals surface area (Å²) in [6.45, 7) is 2.54. The van der Waals surface area contributed by atoms with Gasteiger partial charge in [-0.15, -0.1) is 11.3 Å². The van der Waals surface area contributed by atoms with Crippen molar-refractivity contribution in [3.63, 3.8) is 0 Å². The lowest BCUT2D eigenvalue weighted by atomic mass is 9.75. The van der Waals surface area contributed by atoms with E-state index in [2.05, 4.69) is 0 Å². The van der Waals surface area contributed by atoms with Crippen molar-refractivity contribution in [1.29, 1.82) is 0 Å². The van der Waals surface area contributed by atoms with Crippen molar-refractivity contribution < 1.29 is 22.7 Å². The van der Waals surface area contributed by atoms with E-state index in [1.807, 2.05) is 24.3 Å². The van der Waals surface area contributed by atoms with E-state index in [1.165, 1.54) is 15.6 Å². The van der Waals surface area contributed by atoms with Crippen LogP contribution in [0.15, 0.2) is 46.0 Å². The molecule has 1 aliphatic rings. The van der Waals surface area contributed by atoms with E-state index in [-0.39, 0.29) is 19.1 Å². The van der Waals surface area contributed by atoms with Gasteiger partial charge < -0.3 is 9.47 Å². The molecule has 0 radical (unpaired) electrons. The standard InChI is InChI=1S/C20H25NO5S2/c1-3-26-19(22)20(14-16-7-4-8-17(13-16)25-2)10-6-11-21(15-20)28(23,24)18-9-5-12-27-18/h4-5,7-9,12-13H,3,6,10-11,14-15H2,1-2H3. The van der Waals surface area contributed by atoms with Crippen molar-refractivity contribution in [3.05, 3.63) is 47.3 Å². The van der Waals surface area contributed by atoms with Crippen molar-refractivity contribution in [2.75, 3.05) is 26.8 Å². The molecule has 28 heavy (non-hydrogen) atoms. The van der Waals surface area contributed by atoms with Crippen molar-refractivity contribution in [2.45, 2.75) is 30.4 Å². The average Bonchev–Trinajstić information content (AvgIpc) is 3.24. The zero-order valence-electron chi connectivity index (χ0n) is 16.1. The second kappa shape index (κ2) is 8.63. The summed E-state index contributed by atoms with van der Waals surface area (Å²) >= 11 is 1.19. The van der Waals surface area contributed by atoms with Gasteiger partial charge in [-0.05, 0) is 55.3 Å². The predicted octanol–water partition coefficient (Wildman–Crippen LogP) is 3.33. The number of hydrogen-bond acceptors (Lipinski definition) is 6. The summed E-state index contributed by atoms with van der Waals surface area (Å²) in [5.74, 6) is 0.360. The molecular weight excluding hydrogens is 398 g/mol. The lowest BCUT2D eigenvalue weighted by Crippen LogP contribution is -2.51. The van der Waals surface area contributed by atoms with Gasteiger partial charge in [0.25, 0.3) is 10.0 Å². The summed E-state index contributed by atoms with van der Waals surface area (Å²) in [6, 6.07) is 10.8. The summed E-state index contributed by atoms with van der Waals surface area (Å²) in [5, 5.41) is 1.74. The predicted molar refractivity (Wildman–Crippen MR) is 108 cm³/mol. The van der Waals surface area contributed by atoms with E-state index < -0.39 is 15.4 Å². The van der Waals surface area contributed by atoms with Gasteiger partial charge in [-0.1, -0.05) is 18.2 Å². The number of esters is 1. The highest BCUT2D eigenvalue weighted by Crippen LogP contribution is 2.38. The quantitative estimate of drug-likeness (QED) is 0.639. The minimum Gasteiger partial charge on any atom is -0.497 e. The third-order valence-electron chi connectivity index (χ3n) is 5.02. The monoisotopic (exact) mass is 423 g/mol. The normalized spacial score (nSPS) is 20.6. The molecule has 6 nitrogen and oxygen atoms in total. The fourth-order valence-electron chi connectivity index (χ4n) is 3.67. The molecule has 1 fully saturated rings. The number of benzene rings is 1. The molecule has 152 valence electrons. The topological polar surface area (TPSA) is 72.9 Å². The first-order chi connectivity index (χ1) is 13.4. The maximum absolute atomic E-state index is 13.0. The summed E-state index contributed by atoms with van der Waals surface area (Å²) < 4.78 is 38.5. The molecule has 1 aromatic carbocycles. The van der Waals surface area contributed by atoms with Gasteiger partial charge in [-0.2, -0.15) is 4.31 Å². The molecule has 0 aliphatic carbocycles. The highest BCUT2D eigenvalue weighted by Gasteiger charge is 2.46. The van der Waals surface area contributed by atoms with Gasteiger partial charge in [-0.3, -0.25) is 4.79 Å². The molecule has 0 amide bonds. The van der Waals surface area contributed by atoms with Crippen LogP contribution in [0.1, 0.15) is 25.3 Å². The molecule has 1 saturated heterocycles. The highest BCUT2D eigenvalue weighted by molar-refractivity contribution is 7.91. The highest BCUT2D eigenvalue weighted by atomic mass is 32.2. The van der Waals surface area contributed by atoms with Crippen molar-refractivity contribution >= 4 is 27.3 Å². The zero-order chi connectivity index (χ0) is 20.2. The number of methoxy groups -OCH3 is 1. The number of ether oxygens (including phenoxy) is 2. The molecule has 1 aliphatic heterocycles. The summed E-state index contributed by atoms with van der Waals surface area (Å²) in [5.41, 5.74) is 0.00748. The van der Waals surface area contributed by atoms with Crippen LogP contribution in [-0.4, -0.2) is 45.5 Å². The first-order valence-electron chi connectivity index (χ1n) is 9.25. The molecule has 1 unspecified atom stereocenters. The zero-order valence-corrected chi connectivity index (χ0v) is 17.7. The Kier molecular flexibility index (Phi) is 6.42. The van der Waals surface area contributed by atoms with Crippen LogP contribution in [-0.2, 0) is 26.0 Å². The summed E-state index contributed by atoms with van der Waals surface area (Å²) in [6.07, 6.45) is 1.59. The Morgan fingerprint density at radius 1 is 1.29 bits per heavy atom.